The summed E-state index contributed by atoms with van der Waals surface area (Å²) < 4.78 is 75.2. The number of nitrogens with zero attached hydrogens (tertiary/aromatic N) is 3. The zero-order valence-electron chi connectivity index (χ0n) is 17.0. The molecule has 1 amide bonds. The standard InChI is InChI=1S/C20H20F5N5O2/c1-2-19(21,22)16-15-12(3-4-27-17(15)29-18(31)32-16)13-9-11(20(23,24)25)10-14(28-13)30-7-5-26-6-8-30/h3-4,9-10,16,26H,2,5-8H2,1H3,(H,27,29,31)/t16-/m0/s1. The highest BCUT2D eigenvalue weighted by Crippen LogP contribution is 2.46. The third-order valence-corrected chi connectivity index (χ3v) is 5.41. The van der Waals surface area contributed by atoms with E-state index in [1.165, 1.54) is 19.2 Å². The molecule has 0 bridgehead atoms. The van der Waals surface area contributed by atoms with Crippen molar-refractivity contribution in [3.8, 4) is 11.3 Å². The van der Waals surface area contributed by atoms with Gasteiger partial charge in [0.25, 0.3) is 5.92 Å². The van der Waals surface area contributed by atoms with Gasteiger partial charge in [-0.1, -0.05) is 6.92 Å². The number of fused-ring (bicyclic) bond motifs is 1. The van der Waals surface area contributed by atoms with Crippen molar-refractivity contribution < 1.29 is 31.5 Å². The van der Waals surface area contributed by atoms with Crippen LogP contribution in [0.2, 0.25) is 0 Å². The first kappa shape index (κ1) is 22.2. The number of cyclic esters (lactones) is 1. The van der Waals surface area contributed by atoms with Crippen LogP contribution < -0.4 is 15.5 Å². The summed E-state index contributed by atoms with van der Waals surface area (Å²) in [6.07, 6.45) is -7.24. The maximum Gasteiger partial charge on any atom is 0.416 e. The van der Waals surface area contributed by atoms with E-state index in [1.807, 2.05) is 0 Å². The van der Waals surface area contributed by atoms with E-state index in [4.69, 9.17) is 4.74 Å². The fourth-order valence-corrected chi connectivity index (χ4v) is 3.71. The van der Waals surface area contributed by atoms with Crippen molar-refractivity contribution in [2.24, 2.45) is 0 Å². The molecule has 4 rings (SSSR count). The van der Waals surface area contributed by atoms with E-state index in [0.29, 0.717) is 26.2 Å². The van der Waals surface area contributed by atoms with E-state index >= 15 is 0 Å². The molecule has 1 fully saturated rings. The van der Waals surface area contributed by atoms with Gasteiger partial charge in [-0.3, -0.25) is 5.32 Å². The zero-order valence-corrected chi connectivity index (χ0v) is 17.0. The number of carbonyl (C=O) groups excluding carboxylic acids is 1. The Balaban J connectivity index is 1.90. The molecule has 7 nitrogen and oxygen atoms in total. The number of hydrogen-bond acceptors (Lipinski definition) is 6. The van der Waals surface area contributed by atoms with Crippen LogP contribution in [-0.2, 0) is 10.9 Å². The van der Waals surface area contributed by atoms with Crippen LogP contribution in [0.5, 0.6) is 0 Å². The molecular weight excluding hydrogens is 437 g/mol. The predicted molar refractivity (Wildman–Crippen MR) is 106 cm³/mol. The van der Waals surface area contributed by atoms with Crippen molar-refractivity contribution in [1.82, 2.24) is 15.3 Å². The quantitative estimate of drug-likeness (QED) is 0.670. The van der Waals surface area contributed by atoms with Gasteiger partial charge >= 0.3 is 12.3 Å². The van der Waals surface area contributed by atoms with Gasteiger partial charge in [-0.2, -0.15) is 13.2 Å². The zero-order chi connectivity index (χ0) is 23.1. The number of alkyl halides is 5. The first-order valence-corrected chi connectivity index (χ1v) is 10.00. The molecule has 32 heavy (non-hydrogen) atoms. The molecular formula is C20H20F5N5O2. The molecule has 2 aromatic heterocycles. The van der Waals surface area contributed by atoms with Gasteiger partial charge in [0, 0.05) is 44.4 Å². The fraction of sp³-hybridized carbons (Fsp3) is 0.450. The second-order valence-corrected chi connectivity index (χ2v) is 7.48. The molecule has 2 aromatic rings. The first-order valence-electron chi connectivity index (χ1n) is 10.00. The van der Waals surface area contributed by atoms with Crippen LogP contribution >= 0.6 is 0 Å². The summed E-state index contributed by atoms with van der Waals surface area (Å²) >= 11 is 0. The molecule has 0 aromatic carbocycles. The van der Waals surface area contributed by atoms with Gasteiger partial charge in [0.15, 0.2) is 6.10 Å². The van der Waals surface area contributed by atoms with Crippen LogP contribution in [0.25, 0.3) is 11.3 Å². The van der Waals surface area contributed by atoms with E-state index in [2.05, 4.69) is 20.6 Å². The Bertz CT molecular complexity index is 1020. The van der Waals surface area contributed by atoms with E-state index in [-0.39, 0.29) is 28.5 Å². The highest BCUT2D eigenvalue weighted by Gasteiger charge is 2.47. The summed E-state index contributed by atoms with van der Waals surface area (Å²) in [5.74, 6) is -3.57. The smallest absolute Gasteiger partial charge is 0.416 e. The summed E-state index contributed by atoms with van der Waals surface area (Å²) in [7, 11) is 0. The van der Waals surface area contributed by atoms with Gasteiger partial charge < -0.3 is 15.0 Å². The fourth-order valence-electron chi connectivity index (χ4n) is 3.71. The average molecular weight is 457 g/mol. The number of ether oxygens (including phenoxy) is 1. The predicted octanol–water partition coefficient (Wildman–Crippen LogP) is 4.22. The maximum absolute atomic E-state index is 14.7. The first-order chi connectivity index (χ1) is 15.1. The molecule has 0 unspecified atom stereocenters. The molecule has 0 aliphatic carbocycles. The minimum atomic E-state index is -4.68. The summed E-state index contributed by atoms with van der Waals surface area (Å²) in [5.41, 5.74) is -1.35. The SMILES string of the molecule is CCC(F)(F)[C@H]1OC(=O)Nc2nccc(-c3cc(C(F)(F)F)cc(N4CCNCC4)n3)c21. The Hall–Kier alpha value is -3.02. The summed E-state index contributed by atoms with van der Waals surface area (Å²) in [5, 5.41) is 5.35. The van der Waals surface area contributed by atoms with Crippen molar-refractivity contribution in [1.29, 1.82) is 0 Å². The number of rotatable bonds is 4. The average Bonchev–Trinajstić information content (AvgIpc) is 2.77. The Morgan fingerprint density at radius 1 is 1.19 bits per heavy atom. The van der Waals surface area contributed by atoms with Crippen molar-refractivity contribution in [3.05, 3.63) is 35.5 Å². The van der Waals surface area contributed by atoms with Gasteiger partial charge in [-0.15, -0.1) is 0 Å². The number of carbonyl (C=O) groups is 1. The van der Waals surface area contributed by atoms with Crippen molar-refractivity contribution in [3.63, 3.8) is 0 Å². The maximum atomic E-state index is 14.7. The third kappa shape index (κ3) is 4.18. The van der Waals surface area contributed by atoms with Crippen molar-refractivity contribution >= 4 is 17.7 Å². The number of anilines is 2. The second-order valence-electron chi connectivity index (χ2n) is 7.48. The van der Waals surface area contributed by atoms with Crippen molar-refractivity contribution in [2.45, 2.75) is 31.5 Å². The lowest BCUT2D eigenvalue weighted by atomic mass is 9.94. The number of nitrogens with one attached hydrogen (secondary N) is 2. The Morgan fingerprint density at radius 3 is 2.56 bits per heavy atom. The molecule has 1 saturated heterocycles. The van der Waals surface area contributed by atoms with Gasteiger partial charge in [0.1, 0.15) is 11.6 Å². The molecule has 2 aliphatic rings. The number of hydrogen-bond donors (Lipinski definition) is 2. The molecule has 0 spiro atoms. The van der Waals surface area contributed by atoms with Gasteiger partial charge in [0.05, 0.1) is 16.8 Å². The Kier molecular flexibility index (Phi) is 5.65. The Labute approximate surface area is 180 Å². The summed E-state index contributed by atoms with van der Waals surface area (Å²) in [4.78, 5) is 21.8. The van der Waals surface area contributed by atoms with E-state index in [9.17, 15) is 26.7 Å². The largest absolute Gasteiger partial charge is 0.434 e. The lowest BCUT2D eigenvalue weighted by molar-refractivity contribution is -0.137. The molecule has 172 valence electrons. The van der Waals surface area contributed by atoms with Gasteiger partial charge in [0.2, 0.25) is 0 Å². The van der Waals surface area contributed by atoms with E-state index in [1.54, 1.807) is 4.90 Å². The van der Waals surface area contributed by atoms with Gasteiger partial charge in [-0.25, -0.2) is 23.5 Å². The van der Waals surface area contributed by atoms with E-state index in [0.717, 1.165) is 12.1 Å². The second kappa shape index (κ2) is 8.15. The number of aromatic nitrogens is 2. The number of amides is 1. The van der Waals surface area contributed by atoms with E-state index < -0.39 is 36.3 Å². The topological polar surface area (TPSA) is 79.4 Å². The van der Waals surface area contributed by atoms with Crippen LogP contribution in [0.3, 0.4) is 0 Å². The molecule has 2 aliphatic heterocycles. The highest BCUT2D eigenvalue weighted by atomic mass is 19.4. The lowest BCUT2D eigenvalue weighted by Crippen LogP contribution is -2.44. The lowest BCUT2D eigenvalue weighted by Gasteiger charge is -2.32. The Morgan fingerprint density at radius 2 is 1.91 bits per heavy atom. The van der Waals surface area contributed by atoms with Crippen molar-refractivity contribution in [2.75, 3.05) is 36.4 Å². The minimum absolute atomic E-state index is 0.0180. The molecule has 0 saturated carbocycles. The summed E-state index contributed by atoms with van der Waals surface area (Å²) in [6, 6.07) is 3.04. The van der Waals surface area contributed by atoms with Crippen LogP contribution in [0.1, 0.15) is 30.6 Å². The number of pyridine rings is 2. The minimum Gasteiger partial charge on any atom is -0.434 e. The number of halogens is 5. The highest BCUT2D eigenvalue weighted by molar-refractivity contribution is 5.89. The summed E-state index contributed by atoms with van der Waals surface area (Å²) in [6.45, 7) is 3.25. The molecule has 12 heteroatoms. The normalized spacial score (nSPS) is 19.2. The number of piperazine rings is 1. The molecule has 1 atom stereocenters. The van der Waals surface area contributed by atoms with Crippen LogP contribution in [0, 0.1) is 0 Å². The van der Waals surface area contributed by atoms with Crippen LogP contribution in [-0.4, -0.2) is 48.2 Å². The third-order valence-electron chi connectivity index (χ3n) is 5.41. The van der Waals surface area contributed by atoms with Gasteiger partial charge in [-0.05, 0) is 18.2 Å². The molecule has 4 heterocycles. The molecule has 2 N–H and O–H groups in total. The van der Waals surface area contributed by atoms with Crippen LogP contribution in [0.4, 0.5) is 38.4 Å². The van der Waals surface area contributed by atoms with Crippen LogP contribution in [0.15, 0.2) is 24.4 Å². The molecule has 0 radical (unpaired) electrons. The monoisotopic (exact) mass is 457 g/mol.